The van der Waals surface area contributed by atoms with Gasteiger partial charge in [-0.05, 0) is 46.0 Å². The standard InChI is InChI=1S/C37H56N4O14/c1-4-24-25(12-11-22-17-41(14-16-43)18-26(32(46)47)29(22)40-36(38)39-13-8-15-42)27(33(48)53-23-9-6-5-7-10-23)20-51-34(24)55-35-31(52-21(2)3)37(49,50)30(45)28(19-44)54-35/h4,11-12,17,20-21,23-25,28,30-31,34-35,42-45,49-50H,1,5-10,13-16,18-19H2,2-3H3,(H,46,47)(H3,38,39,40)/b12-11-/t24-,25+,28-,30-,31+,34+,35+/m1/s1. The number of hydrogen-bond acceptors (Lipinski definition) is 15. The molecule has 0 aromatic heterocycles. The van der Waals surface area contributed by atoms with E-state index < -0.39 is 73.2 Å². The number of nitrogens with zero attached hydrogens (tertiary/aromatic N) is 2. The second kappa shape index (κ2) is 20.4. The number of nitrogens with two attached hydrogens (primary N) is 1. The summed E-state index contributed by atoms with van der Waals surface area (Å²) in [6, 6.07) is 0. The number of guanidine groups is 1. The molecule has 18 heteroatoms. The maximum Gasteiger partial charge on any atom is 0.338 e. The third-order valence-electron chi connectivity index (χ3n) is 9.63. The summed E-state index contributed by atoms with van der Waals surface area (Å²) in [5, 5.41) is 74.3. The number of aliphatic hydroxyl groups excluding tert-OH is 4. The SMILES string of the molecule is C=C[C@H]1[C@H](O[C@@H]2O[C@H](CO)[C@@H](O)C(O)(O)[C@H]2OC(C)C)OC=C(C(=O)OC2CCCCC2)[C@H]1/C=C\C1=CN(CCO)CC(C(=O)O)=C1NC(N)=NCCCO. The fourth-order valence-corrected chi connectivity index (χ4v) is 6.81. The minimum absolute atomic E-state index is 0.0808. The molecular weight excluding hydrogens is 724 g/mol. The Bertz CT molecular complexity index is 1490. The lowest BCUT2D eigenvalue weighted by Crippen LogP contribution is -2.69. The van der Waals surface area contributed by atoms with Gasteiger partial charge in [0.25, 0.3) is 0 Å². The van der Waals surface area contributed by atoms with E-state index in [1.807, 2.05) is 0 Å². The van der Waals surface area contributed by atoms with E-state index in [1.54, 1.807) is 37.1 Å². The summed E-state index contributed by atoms with van der Waals surface area (Å²) in [6.45, 7) is 6.22. The van der Waals surface area contributed by atoms with E-state index in [0.29, 0.717) is 24.8 Å². The highest BCUT2D eigenvalue weighted by atomic mass is 16.8. The Morgan fingerprint density at radius 3 is 2.51 bits per heavy atom. The Labute approximate surface area is 319 Å². The molecule has 18 nitrogen and oxygen atoms in total. The molecule has 0 unspecified atom stereocenters. The van der Waals surface area contributed by atoms with Crippen molar-refractivity contribution < 1.29 is 69.0 Å². The van der Waals surface area contributed by atoms with Crippen LogP contribution in [0.25, 0.3) is 0 Å². The van der Waals surface area contributed by atoms with Gasteiger partial charge in [-0.3, -0.25) is 4.99 Å². The van der Waals surface area contributed by atoms with E-state index >= 15 is 0 Å². The van der Waals surface area contributed by atoms with Crippen LogP contribution >= 0.6 is 0 Å². The molecule has 4 aliphatic rings. The van der Waals surface area contributed by atoms with Gasteiger partial charge in [-0.25, -0.2) is 9.59 Å². The van der Waals surface area contributed by atoms with Gasteiger partial charge in [0.15, 0.2) is 18.4 Å². The molecule has 1 saturated heterocycles. The molecule has 0 aromatic rings. The number of aliphatic carboxylic acids is 1. The summed E-state index contributed by atoms with van der Waals surface area (Å²) in [7, 11) is 0. The smallest absolute Gasteiger partial charge is 0.338 e. The van der Waals surface area contributed by atoms with Crippen LogP contribution in [0.5, 0.6) is 0 Å². The number of aliphatic imine (C=N–C) groups is 1. The Hall–Kier alpha value is -3.85. The van der Waals surface area contributed by atoms with Crippen molar-refractivity contribution in [3.8, 4) is 0 Å². The first-order valence-electron chi connectivity index (χ1n) is 18.5. The number of aliphatic hydroxyl groups is 6. The minimum Gasteiger partial charge on any atom is -0.478 e. The molecule has 308 valence electrons. The van der Waals surface area contributed by atoms with Crippen molar-refractivity contribution in [3.63, 3.8) is 0 Å². The van der Waals surface area contributed by atoms with Gasteiger partial charge in [-0.15, -0.1) is 6.58 Å². The zero-order valence-electron chi connectivity index (χ0n) is 31.2. The molecule has 3 heterocycles. The molecule has 3 aliphatic heterocycles. The summed E-state index contributed by atoms with van der Waals surface area (Å²) in [5.41, 5.74) is 6.52. The van der Waals surface area contributed by atoms with Crippen LogP contribution in [0.2, 0.25) is 0 Å². The number of hydrogen-bond donors (Lipinski definition) is 9. The molecule has 2 fully saturated rings. The zero-order chi connectivity index (χ0) is 40.3. The van der Waals surface area contributed by atoms with Crippen LogP contribution in [0.4, 0.5) is 0 Å². The van der Waals surface area contributed by atoms with Crippen LogP contribution in [-0.2, 0) is 33.3 Å². The average Bonchev–Trinajstić information content (AvgIpc) is 3.14. The number of carbonyl (C=O) groups is 2. The number of allylic oxidation sites excluding steroid dienone is 2. The van der Waals surface area contributed by atoms with Gasteiger partial charge < -0.3 is 75.4 Å². The van der Waals surface area contributed by atoms with Gasteiger partial charge in [0, 0.05) is 37.4 Å². The highest BCUT2D eigenvalue weighted by Gasteiger charge is 2.57. The van der Waals surface area contributed by atoms with E-state index in [0.717, 1.165) is 19.3 Å². The number of esters is 1. The highest BCUT2D eigenvalue weighted by Crippen LogP contribution is 2.39. The number of carboxylic acid groups (broad SMARTS) is 1. The number of carboxylic acids is 1. The lowest BCUT2D eigenvalue weighted by molar-refractivity contribution is -0.413. The molecule has 0 radical (unpaired) electrons. The van der Waals surface area contributed by atoms with Crippen LogP contribution in [0.15, 0.2) is 64.7 Å². The molecule has 0 aromatic carbocycles. The molecular formula is C37H56N4O14. The molecule has 10 N–H and O–H groups in total. The third-order valence-corrected chi connectivity index (χ3v) is 9.63. The van der Waals surface area contributed by atoms with E-state index in [4.69, 9.17) is 34.5 Å². The van der Waals surface area contributed by atoms with E-state index in [9.17, 15) is 40.2 Å². The van der Waals surface area contributed by atoms with Crippen LogP contribution < -0.4 is 11.1 Å². The summed E-state index contributed by atoms with van der Waals surface area (Å²) < 4.78 is 29.5. The van der Waals surface area contributed by atoms with Crippen molar-refractivity contribution in [1.29, 1.82) is 0 Å². The molecule has 1 saturated carbocycles. The van der Waals surface area contributed by atoms with E-state index in [1.165, 1.54) is 12.3 Å². The lowest BCUT2D eigenvalue weighted by atomic mass is 9.83. The molecule has 0 spiro atoms. The topological polar surface area (TPSA) is 276 Å². The van der Waals surface area contributed by atoms with Crippen molar-refractivity contribution in [1.82, 2.24) is 10.2 Å². The predicted molar refractivity (Wildman–Crippen MR) is 195 cm³/mol. The van der Waals surface area contributed by atoms with Gasteiger partial charge in [0.2, 0.25) is 12.1 Å². The fraction of sp³-hybridized carbons (Fsp3) is 0.649. The van der Waals surface area contributed by atoms with Crippen molar-refractivity contribution in [2.45, 2.75) is 101 Å². The Balaban J connectivity index is 1.76. The highest BCUT2D eigenvalue weighted by molar-refractivity contribution is 5.92. The van der Waals surface area contributed by atoms with Crippen LogP contribution in [0.1, 0.15) is 52.4 Å². The van der Waals surface area contributed by atoms with Crippen LogP contribution in [0, 0.1) is 11.8 Å². The summed E-state index contributed by atoms with van der Waals surface area (Å²) in [6.07, 6.45) is 3.03. The fourth-order valence-electron chi connectivity index (χ4n) is 6.81. The molecule has 7 atom stereocenters. The average molecular weight is 781 g/mol. The molecule has 0 amide bonds. The third kappa shape index (κ3) is 11.1. The van der Waals surface area contributed by atoms with Crippen LogP contribution in [0.3, 0.4) is 0 Å². The first-order chi connectivity index (χ1) is 26.2. The van der Waals surface area contributed by atoms with E-state index in [2.05, 4.69) is 16.9 Å². The van der Waals surface area contributed by atoms with Crippen molar-refractivity contribution >= 4 is 17.9 Å². The first kappa shape index (κ1) is 43.9. The van der Waals surface area contributed by atoms with Crippen molar-refractivity contribution in [3.05, 3.63) is 59.7 Å². The quantitative estimate of drug-likeness (QED) is 0.0224. The molecule has 4 rings (SSSR count). The van der Waals surface area contributed by atoms with Gasteiger partial charge in [0.1, 0.15) is 18.3 Å². The normalized spacial score (nSPS) is 29.1. The molecule has 0 bridgehead atoms. The number of nitrogens with one attached hydrogen (secondary N) is 1. The van der Waals surface area contributed by atoms with Gasteiger partial charge >= 0.3 is 11.9 Å². The Kier molecular flexibility index (Phi) is 16.2. The minimum atomic E-state index is -2.92. The van der Waals surface area contributed by atoms with Crippen molar-refractivity contribution in [2.75, 3.05) is 39.5 Å². The van der Waals surface area contributed by atoms with Crippen molar-refractivity contribution in [2.24, 2.45) is 22.6 Å². The number of carbonyl (C=O) groups excluding carboxylic acids is 1. The number of ether oxygens (including phenoxy) is 5. The van der Waals surface area contributed by atoms with Gasteiger partial charge in [-0.1, -0.05) is 24.6 Å². The largest absolute Gasteiger partial charge is 0.478 e. The lowest BCUT2D eigenvalue weighted by Gasteiger charge is -2.48. The van der Waals surface area contributed by atoms with E-state index in [-0.39, 0.29) is 61.8 Å². The monoisotopic (exact) mass is 780 g/mol. The maximum absolute atomic E-state index is 13.8. The summed E-state index contributed by atoms with van der Waals surface area (Å²) in [5.74, 6) is -6.75. The molecule has 1 aliphatic carbocycles. The Morgan fingerprint density at radius 1 is 1.16 bits per heavy atom. The number of β-amino-alcohol motifs (C(OH)–C–C–N with tert-alkyl or cyclic N) is 1. The van der Waals surface area contributed by atoms with Gasteiger partial charge in [-0.2, -0.15) is 0 Å². The Morgan fingerprint density at radius 2 is 1.89 bits per heavy atom. The second-order valence-corrected chi connectivity index (χ2v) is 14.0. The predicted octanol–water partition coefficient (Wildman–Crippen LogP) is -0.536. The first-order valence-corrected chi connectivity index (χ1v) is 18.5. The summed E-state index contributed by atoms with van der Waals surface area (Å²) >= 11 is 0. The zero-order valence-corrected chi connectivity index (χ0v) is 31.2. The van der Waals surface area contributed by atoms with Crippen LogP contribution in [-0.4, -0.2) is 147 Å². The second-order valence-electron chi connectivity index (χ2n) is 14.0. The van der Waals surface area contributed by atoms with Gasteiger partial charge in [0.05, 0.1) is 54.9 Å². The number of rotatable bonds is 17. The molecule has 55 heavy (non-hydrogen) atoms. The summed E-state index contributed by atoms with van der Waals surface area (Å²) in [4.78, 5) is 32.1. The maximum atomic E-state index is 13.8.